The first kappa shape index (κ1) is 13.7. The Morgan fingerprint density at radius 3 is 2.80 bits per heavy atom. The molecule has 0 aliphatic rings. The summed E-state index contributed by atoms with van der Waals surface area (Å²) < 4.78 is 9.87. The SMILES string of the molecule is COC(=O)c1coc(CNc2ccc(CC#N)cc2)c1. The van der Waals surface area contributed by atoms with Crippen LogP contribution in [0.2, 0.25) is 0 Å². The second-order valence-electron chi connectivity index (χ2n) is 4.18. The highest BCUT2D eigenvalue weighted by molar-refractivity contribution is 5.88. The fraction of sp³-hybridized carbons (Fsp3) is 0.200. The second kappa shape index (κ2) is 6.43. The zero-order valence-corrected chi connectivity index (χ0v) is 11.1. The third kappa shape index (κ3) is 3.39. The summed E-state index contributed by atoms with van der Waals surface area (Å²) in [6.07, 6.45) is 1.78. The average molecular weight is 270 g/mol. The van der Waals surface area contributed by atoms with Crippen LogP contribution in [0.4, 0.5) is 5.69 Å². The lowest BCUT2D eigenvalue weighted by atomic mass is 10.1. The van der Waals surface area contributed by atoms with Crippen LogP contribution in [0.3, 0.4) is 0 Å². The summed E-state index contributed by atoms with van der Waals surface area (Å²) in [4.78, 5) is 11.3. The molecule has 5 nitrogen and oxygen atoms in total. The van der Waals surface area contributed by atoms with Crippen molar-refractivity contribution in [1.29, 1.82) is 5.26 Å². The van der Waals surface area contributed by atoms with Gasteiger partial charge in [0.25, 0.3) is 0 Å². The number of hydrogen-bond donors (Lipinski definition) is 1. The highest BCUT2D eigenvalue weighted by Crippen LogP contribution is 2.14. The molecule has 0 saturated carbocycles. The zero-order valence-electron chi connectivity index (χ0n) is 11.1. The van der Waals surface area contributed by atoms with E-state index in [9.17, 15) is 4.79 Å². The Labute approximate surface area is 116 Å². The van der Waals surface area contributed by atoms with Crippen molar-refractivity contribution >= 4 is 11.7 Å². The molecule has 0 aliphatic heterocycles. The Kier molecular flexibility index (Phi) is 4.40. The molecule has 1 aromatic carbocycles. The standard InChI is InChI=1S/C15H14N2O3/c1-19-15(18)12-8-14(20-10-12)9-17-13-4-2-11(3-5-13)6-7-16/h2-5,8,10,17H,6,9H2,1H3. The van der Waals surface area contributed by atoms with Crippen molar-refractivity contribution in [3.63, 3.8) is 0 Å². The summed E-state index contributed by atoms with van der Waals surface area (Å²) in [5, 5.41) is 11.8. The lowest BCUT2D eigenvalue weighted by Gasteiger charge is -2.04. The van der Waals surface area contributed by atoms with E-state index >= 15 is 0 Å². The van der Waals surface area contributed by atoms with E-state index in [0.717, 1.165) is 11.3 Å². The summed E-state index contributed by atoms with van der Waals surface area (Å²) in [5.74, 6) is 0.229. The van der Waals surface area contributed by atoms with Gasteiger partial charge in [0.15, 0.2) is 0 Å². The van der Waals surface area contributed by atoms with Crippen LogP contribution in [-0.4, -0.2) is 13.1 Å². The highest BCUT2D eigenvalue weighted by atomic mass is 16.5. The normalized spacial score (nSPS) is 9.80. The van der Waals surface area contributed by atoms with E-state index in [0.29, 0.717) is 24.3 Å². The number of esters is 1. The molecule has 102 valence electrons. The van der Waals surface area contributed by atoms with Crippen LogP contribution in [0.1, 0.15) is 21.7 Å². The summed E-state index contributed by atoms with van der Waals surface area (Å²) >= 11 is 0. The quantitative estimate of drug-likeness (QED) is 0.845. The van der Waals surface area contributed by atoms with Crippen molar-refractivity contribution < 1.29 is 13.9 Å². The van der Waals surface area contributed by atoms with Crippen molar-refractivity contribution in [3.05, 3.63) is 53.5 Å². The van der Waals surface area contributed by atoms with Gasteiger partial charge in [-0.05, 0) is 23.8 Å². The lowest BCUT2D eigenvalue weighted by Crippen LogP contribution is -2.00. The molecule has 0 atom stereocenters. The van der Waals surface area contributed by atoms with E-state index < -0.39 is 5.97 Å². The van der Waals surface area contributed by atoms with Gasteiger partial charge in [-0.1, -0.05) is 12.1 Å². The lowest BCUT2D eigenvalue weighted by molar-refractivity contribution is 0.0600. The van der Waals surface area contributed by atoms with Crippen LogP contribution in [-0.2, 0) is 17.7 Å². The number of carbonyl (C=O) groups excluding carboxylic acids is 1. The molecule has 0 spiro atoms. The number of anilines is 1. The molecule has 0 saturated heterocycles. The van der Waals surface area contributed by atoms with E-state index in [2.05, 4.69) is 16.1 Å². The molecule has 1 N–H and O–H groups in total. The molecular formula is C15H14N2O3. The topological polar surface area (TPSA) is 75.3 Å². The molecule has 2 aromatic rings. The number of nitrogens with one attached hydrogen (secondary N) is 1. The predicted molar refractivity (Wildman–Crippen MR) is 73.1 cm³/mol. The highest BCUT2D eigenvalue weighted by Gasteiger charge is 2.09. The molecule has 5 heteroatoms. The number of hydrogen-bond acceptors (Lipinski definition) is 5. The fourth-order valence-electron chi connectivity index (χ4n) is 1.72. The molecule has 0 radical (unpaired) electrons. The summed E-state index contributed by atoms with van der Waals surface area (Å²) in [6.45, 7) is 0.467. The number of ether oxygens (including phenoxy) is 1. The first-order valence-electron chi connectivity index (χ1n) is 6.08. The molecular weight excluding hydrogens is 256 g/mol. The predicted octanol–water partition coefficient (Wildman–Crippen LogP) is 2.74. The summed E-state index contributed by atoms with van der Waals surface area (Å²) in [6, 6.07) is 11.3. The van der Waals surface area contributed by atoms with E-state index in [-0.39, 0.29) is 0 Å². The molecule has 2 rings (SSSR count). The first-order chi connectivity index (χ1) is 9.72. The van der Waals surface area contributed by atoms with Crippen LogP contribution in [0.5, 0.6) is 0 Å². The monoisotopic (exact) mass is 270 g/mol. The summed E-state index contributed by atoms with van der Waals surface area (Å²) in [5.41, 5.74) is 2.29. The zero-order chi connectivity index (χ0) is 14.4. The number of benzene rings is 1. The number of furan rings is 1. The molecule has 0 unspecified atom stereocenters. The van der Waals surface area contributed by atoms with E-state index in [1.165, 1.54) is 13.4 Å². The van der Waals surface area contributed by atoms with Gasteiger partial charge in [0.05, 0.1) is 31.7 Å². The summed E-state index contributed by atoms with van der Waals surface area (Å²) in [7, 11) is 1.33. The largest absolute Gasteiger partial charge is 0.467 e. The number of rotatable bonds is 5. The minimum atomic E-state index is -0.416. The Bertz CT molecular complexity index is 623. The van der Waals surface area contributed by atoms with Gasteiger partial charge in [-0.25, -0.2) is 4.79 Å². The Balaban J connectivity index is 1.93. The van der Waals surface area contributed by atoms with Crippen molar-refractivity contribution in [2.24, 2.45) is 0 Å². The Morgan fingerprint density at radius 1 is 1.40 bits per heavy atom. The van der Waals surface area contributed by atoms with Gasteiger partial charge in [-0.15, -0.1) is 0 Å². The van der Waals surface area contributed by atoms with Crippen molar-refractivity contribution in [2.45, 2.75) is 13.0 Å². The third-order valence-electron chi connectivity index (χ3n) is 2.78. The van der Waals surface area contributed by atoms with Crippen LogP contribution in [0.15, 0.2) is 41.0 Å². The smallest absolute Gasteiger partial charge is 0.341 e. The van der Waals surface area contributed by atoms with Gasteiger partial charge in [0.2, 0.25) is 0 Å². The van der Waals surface area contributed by atoms with Gasteiger partial charge in [0, 0.05) is 5.69 Å². The molecule has 0 aliphatic carbocycles. The maximum atomic E-state index is 11.3. The van der Waals surface area contributed by atoms with E-state index in [1.807, 2.05) is 24.3 Å². The Morgan fingerprint density at radius 2 is 2.15 bits per heavy atom. The van der Waals surface area contributed by atoms with Crippen molar-refractivity contribution in [2.75, 3.05) is 12.4 Å². The maximum Gasteiger partial charge on any atom is 0.341 e. The minimum absolute atomic E-state index is 0.397. The number of methoxy groups -OCH3 is 1. The average Bonchev–Trinajstić information content (AvgIpc) is 2.95. The Hall–Kier alpha value is -2.74. The van der Waals surface area contributed by atoms with E-state index in [1.54, 1.807) is 6.07 Å². The van der Waals surface area contributed by atoms with E-state index in [4.69, 9.17) is 9.68 Å². The molecule has 0 fully saturated rings. The van der Waals surface area contributed by atoms with Crippen LogP contribution in [0.25, 0.3) is 0 Å². The van der Waals surface area contributed by atoms with Gasteiger partial charge in [-0.3, -0.25) is 0 Å². The third-order valence-corrected chi connectivity index (χ3v) is 2.78. The minimum Gasteiger partial charge on any atom is -0.467 e. The molecule has 20 heavy (non-hydrogen) atoms. The number of nitrogens with zero attached hydrogens (tertiary/aromatic N) is 1. The maximum absolute atomic E-state index is 11.3. The molecule has 0 amide bonds. The number of nitriles is 1. The second-order valence-corrected chi connectivity index (χ2v) is 4.18. The number of carbonyl (C=O) groups is 1. The van der Waals surface area contributed by atoms with Crippen molar-refractivity contribution in [1.82, 2.24) is 0 Å². The van der Waals surface area contributed by atoms with Gasteiger partial charge < -0.3 is 14.5 Å². The van der Waals surface area contributed by atoms with Crippen molar-refractivity contribution in [3.8, 4) is 6.07 Å². The molecule has 1 heterocycles. The fourth-order valence-corrected chi connectivity index (χ4v) is 1.72. The first-order valence-corrected chi connectivity index (χ1v) is 6.08. The van der Waals surface area contributed by atoms with Crippen LogP contribution >= 0.6 is 0 Å². The van der Waals surface area contributed by atoms with Crippen LogP contribution in [0, 0.1) is 11.3 Å². The molecule has 0 bridgehead atoms. The van der Waals surface area contributed by atoms with Gasteiger partial charge in [-0.2, -0.15) is 5.26 Å². The van der Waals surface area contributed by atoms with Crippen LogP contribution < -0.4 is 5.32 Å². The molecule has 1 aromatic heterocycles. The van der Waals surface area contributed by atoms with Gasteiger partial charge in [0.1, 0.15) is 12.0 Å². The van der Waals surface area contributed by atoms with Gasteiger partial charge >= 0.3 is 5.97 Å².